The Bertz CT molecular complexity index is 766. The van der Waals surface area contributed by atoms with Gasteiger partial charge >= 0.3 is 0 Å². The number of rotatable bonds is 7. The number of hydrogen-bond donors (Lipinski definition) is 0. The second-order valence-corrected chi connectivity index (χ2v) is 7.35. The second kappa shape index (κ2) is 8.96. The van der Waals surface area contributed by atoms with Gasteiger partial charge in [-0.25, -0.2) is 4.98 Å². The molecule has 0 N–H and O–H groups in total. The van der Waals surface area contributed by atoms with Gasteiger partial charge in [0, 0.05) is 36.7 Å². The first-order chi connectivity index (χ1) is 12.7. The zero-order chi connectivity index (χ0) is 18.4. The van der Waals surface area contributed by atoms with Gasteiger partial charge in [0.1, 0.15) is 5.75 Å². The highest BCUT2D eigenvalue weighted by Crippen LogP contribution is 2.21. The van der Waals surface area contributed by atoms with Crippen LogP contribution in [0, 0.1) is 6.92 Å². The van der Waals surface area contributed by atoms with E-state index in [1.807, 2.05) is 41.5 Å². The molecule has 1 unspecified atom stereocenters. The van der Waals surface area contributed by atoms with Gasteiger partial charge < -0.3 is 14.4 Å². The summed E-state index contributed by atoms with van der Waals surface area (Å²) in [6.45, 7) is 3.80. The average molecular weight is 372 g/mol. The van der Waals surface area contributed by atoms with Crippen molar-refractivity contribution in [3.63, 3.8) is 0 Å². The van der Waals surface area contributed by atoms with Crippen LogP contribution in [-0.4, -0.2) is 42.2 Å². The van der Waals surface area contributed by atoms with Crippen molar-refractivity contribution in [2.24, 2.45) is 0 Å². The average Bonchev–Trinajstić information content (AvgIpc) is 3.31. The third-order valence-corrected chi connectivity index (χ3v) is 5.14. The van der Waals surface area contributed by atoms with E-state index >= 15 is 0 Å². The van der Waals surface area contributed by atoms with Crippen molar-refractivity contribution < 1.29 is 14.3 Å². The Morgan fingerprint density at radius 2 is 2.31 bits per heavy atom. The molecular weight excluding hydrogens is 348 g/mol. The predicted octanol–water partition coefficient (Wildman–Crippen LogP) is 3.68. The molecule has 1 fully saturated rings. The lowest BCUT2D eigenvalue weighted by Crippen LogP contribution is -2.36. The van der Waals surface area contributed by atoms with Crippen molar-refractivity contribution in [1.82, 2.24) is 9.88 Å². The number of carbonyl (C=O) groups is 1. The van der Waals surface area contributed by atoms with Crippen molar-refractivity contribution in [3.05, 3.63) is 52.0 Å². The van der Waals surface area contributed by atoms with Crippen molar-refractivity contribution in [2.75, 3.05) is 20.3 Å². The van der Waals surface area contributed by atoms with Crippen LogP contribution in [0.15, 0.2) is 35.7 Å². The third kappa shape index (κ3) is 4.93. The maximum absolute atomic E-state index is 12.8. The van der Waals surface area contributed by atoms with Crippen LogP contribution < -0.4 is 4.74 Å². The normalized spacial score (nSPS) is 16.9. The molecule has 1 aromatic heterocycles. The van der Waals surface area contributed by atoms with Gasteiger partial charge in [-0.15, -0.1) is 11.3 Å². The van der Waals surface area contributed by atoms with E-state index in [1.165, 1.54) is 0 Å². The predicted molar refractivity (Wildman–Crippen MR) is 103 cm³/mol. The first-order valence-corrected chi connectivity index (χ1v) is 9.66. The smallest absolute Gasteiger partial charge is 0.247 e. The highest BCUT2D eigenvalue weighted by Gasteiger charge is 2.22. The molecule has 1 saturated heterocycles. The monoisotopic (exact) mass is 372 g/mol. The van der Waals surface area contributed by atoms with Crippen LogP contribution in [0.2, 0.25) is 0 Å². The number of benzene rings is 1. The van der Waals surface area contributed by atoms with Crippen molar-refractivity contribution in [3.8, 4) is 5.75 Å². The summed E-state index contributed by atoms with van der Waals surface area (Å²) in [5.74, 6) is 0.744. The number of thiazole rings is 1. The summed E-state index contributed by atoms with van der Waals surface area (Å²) >= 11 is 1.57. The molecule has 0 saturated carbocycles. The van der Waals surface area contributed by atoms with Gasteiger partial charge in [0.25, 0.3) is 0 Å². The Labute approximate surface area is 158 Å². The molecule has 0 bridgehead atoms. The highest BCUT2D eigenvalue weighted by atomic mass is 32.1. The summed E-state index contributed by atoms with van der Waals surface area (Å²) < 4.78 is 11.2. The van der Waals surface area contributed by atoms with Crippen molar-refractivity contribution in [2.45, 2.75) is 32.4 Å². The molecule has 2 aromatic rings. The lowest BCUT2D eigenvalue weighted by atomic mass is 10.1. The minimum Gasteiger partial charge on any atom is -0.496 e. The van der Waals surface area contributed by atoms with Gasteiger partial charge in [0.05, 0.1) is 23.9 Å². The van der Waals surface area contributed by atoms with Crippen LogP contribution in [0.5, 0.6) is 5.75 Å². The standard InChI is InChI=1S/C20H24N2O3S/c1-15-21-17(14-26-15)9-10-20(23)22(13-18-7-5-11-25-18)12-16-6-3-4-8-19(16)24-2/h3-4,6,8-10,14,18H,5,7,11-13H2,1-2H3/b10-9+. The van der Waals surface area contributed by atoms with Crippen molar-refractivity contribution >= 4 is 23.3 Å². The molecule has 3 rings (SSSR count). The van der Waals surface area contributed by atoms with Gasteiger partial charge in [0.15, 0.2) is 0 Å². The van der Waals surface area contributed by atoms with Gasteiger partial charge in [-0.1, -0.05) is 18.2 Å². The van der Waals surface area contributed by atoms with E-state index in [1.54, 1.807) is 30.6 Å². The first-order valence-electron chi connectivity index (χ1n) is 8.78. The molecule has 1 aliphatic heterocycles. The van der Waals surface area contributed by atoms with Gasteiger partial charge in [-0.2, -0.15) is 0 Å². The molecule has 6 heteroatoms. The Kier molecular flexibility index (Phi) is 6.41. The number of aromatic nitrogens is 1. The molecule has 0 radical (unpaired) electrons. The van der Waals surface area contributed by atoms with E-state index in [-0.39, 0.29) is 12.0 Å². The molecular formula is C20H24N2O3S. The number of hydrogen-bond acceptors (Lipinski definition) is 5. The van der Waals surface area contributed by atoms with Gasteiger partial charge in [-0.3, -0.25) is 4.79 Å². The number of aryl methyl sites for hydroxylation is 1. The fourth-order valence-corrected chi connectivity index (χ4v) is 3.61. The molecule has 1 atom stereocenters. The molecule has 1 aliphatic rings. The zero-order valence-electron chi connectivity index (χ0n) is 15.2. The van der Waals surface area contributed by atoms with Crippen LogP contribution in [0.4, 0.5) is 0 Å². The minimum absolute atomic E-state index is 0.0444. The Morgan fingerprint density at radius 1 is 1.46 bits per heavy atom. The molecule has 1 amide bonds. The molecule has 1 aromatic carbocycles. The maximum Gasteiger partial charge on any atom is 0.247 e. The molecule has 26 heavy (non-hydrogen) atoms. The molecule has 0 aliphatic carbocycles. The van der Waals surface area contributed by atoms with E-state index < -0.39 is 0 Å². The van der Waals surface area contributed by atoms with E-state index in [0.29, 0.717) is 13.1 Å². The van der Waals surface area contributed by atoms with Crippen LogP contribution in [0.25, 0.3) is 6.08 Å². The SMILES string of the molecule is COc1ccccc1CN(CC1CCCO1)C(=O)/C=C/c1csc(C)n1. The minimum atomic E-state index is -0.0444. The Morgan fingerprint density at radius 3 is 3.00 bits per heavy atom. The second-order valence-electron chi connectivity index (χ2n) is 6.29. The number of para-hydroxylation sites is 1. The summed E-state index contributed by atoms with van der Waals surface area (Å²) in [6, 6.07) is 7.79. The first kappa shape index (κ1) is 18.6. The van der Waals surface area contributed by atoms with E-state index in [9.17, 15) is 4.79 Å². The van der Waals surface area contributed by atoms with Crippen molar-refractivity contribution in [1.29, 1.82) is 0 Å². The molecule has 0 spiro atoms. The quantitative estimate of drug-likeness (QED) is 0.696. The summed E-state index contributed by atoms with van der Waals surface area (Å²) in [4.78, 5) is 19.0. The Hall–Kier alpha value is -2.18. The number of ether oxygens (including phenoxy) is 2. The lowest BCUT2D eigenvalue weighted by molar-refractivity contribution is -0.128. The summed E-state index contributed by atoms with van der Waals surface area (Å²) in [7, 11) is 1.65. The fraction of sp³-hybridized carbons (Fsp3) is 0.400. The van der Waals surface area contributed by atoms with Gasteiger partial charge in [-0.05, 0) is 31.9 Å². The number of amides is 1. The van der Waals surface area contributed by atoms with Crippen LogP contribution in [-0.2, 0) is 16.1 Å². The van der Waals surface area contributed by atoms with E-state index in [2.05, 4.69) is 4.98 Å². The van der Waals surface area contributed by atoms with Crippen LogP contribution in [0.3, 0.4) is 0 Å². The van der Waals surface area contributed by atoms with E-state index in [4.69, 9.17) is 9.47 Å². The zero-order valence-corrected chi connectivity index (χ0v) is 16.0. The number of methoxy groups -OCH3 is 1. The summed E-state index contributed by atoms with van der Waals surface area (Å²) in [5, 5.41) is 2.94. The fourth-order valence-electron chi connectivity index (χ4n) is 3.02. The van der Waals surface area contributed by atoms with Gasteiger partial charge in [0.2, 0.25) is 5.91 Å². The van der Waals surface area contributed by atoms with Crippen LogP contribution >= 0.6 is 11.3 Å². The highest BCUT2D eigenvalue weighted by molar-refractivity contribution is 7.09. The topological polar surface area (TPSA) is 51.7 Å². The largest absolute Gasteiger partial charge is 0.496 e. The maximum atomic E-state index is 12.8. The summed E-state index contributed by atoms with van der Waals surface area (Å²) in [5.41, 5.74) is 1.80. The molecule has 2 heterocycles. The Balaban J connectivity index is 1.75. The van der Waals surface area contributed by atoms with Crippen LogP contribution in [0.1, 0.15) is 29.1 Å². The number of carbonyl (C=O) groups excluding carboxylic acids is 1. The third-order valence-electron chi connectivity index (χ3n) is 4.35. The molecule has 5 nitrogen and oxygen atoms in total. The lowest BCUT2D eigenvalue weighted by Gasteiger charge is -2.25. The number of nitrogens with zero attached hydrogens (tertiary/aromatic N) is 2. The van der Waals surface area contributed by atoms with E-state index in [0.717, 1.165) is 41.5 Å². The summed E-state index contributed by atoms with van der Waals surface area (Å²) in [6.07, 6.45) is 5.51. The molecule has 138 valence electrons.